The summed E-state index contributed by atoms with van der Waals surface area (Å²) in [5.74, 6) is 0. The molecular formula is C9H9N6P. The highest BCUT2D eigenvalue weighted by atomic mass is 31.1. The SMILES string of the molecule is c1cnn(P(n2cccn2)n2cccn2)c1. The molecule has 0 saturated heterocycles. The van der Waals surface area contributed by atoms with E-state index in [1.165, 1.54) is 0 Å². The quantitative estimate of drug-likeness (QED) is 0.642. The number of rotatable bonds is 3. The summed E-state index contributed by atoms with van der Waals surface area (Å²) >= 11 is 0. The highest BCUT2D eigenvalue weighted by Crippen LogP contribution is 2.37. The van der Waals surface area contributed by atoms with Crippen LogP contribution in [-0.4, -0.2) is 28.7 Å². The largest absolute Gasteiger partial charge is 0.271 e. The van der Waals surface area contributed by atoms with Crippen molar-refractivity contribution in [3.63, 3.8) is 0 Å². The van der Waals surface area contributed by atoms with Crippen LogP contribution in [0.25, 0.3) is 0 Å². The smallest absolute Gasteiger partial charge is 0.210 e. The van der Waals surface area contributed by atoms with Gasteiger partial charge in [0.2, 0.25) is 0 Å². The Morgan fingerprint density at radius 3 is 1.25 bits per heavy atom. The third kappa shape index (κ3) is 1.53. The first kappa shape index (κ1) is 9.30. The molecule has 3 rings (SSSR count). The van der Waals surface area contributed by atoms with Crippen molar-refractivity contribution < 1.29 is 0 Å². The summed E-state index contributed by atoms with van der Waals surface area (Å²) in [6, 6.07) is 5.67. The molecule has 3 heterocycles. The van der Waals surface area contributed by atoms with Crippen LogP contribution < -0.4 is 0 Å². The first-order valence-electron chi connectivity index (χ1n) is 4.75. The zero-order valence-electron chi connectivity index (χ0n) is 8.33. The van der Waals surface area contributed by atoms with Crippen molar-refractivity contribution >= 4 is 8.37 Å². The van der Waals surface area contributed by atoms with Crippen LogP contribution >= 0.6 is 8.37 Å². The number of hydrogen-bond acceptors (Lipinski definition) is 3. The van der Waals surface area contributed by atoms with Gasteiger partial charge in [0, 0.05) is 37.2 Å². The molecule has 16 heavy (non-hydrogen) atoms. The van der Waals surface area contributed by atoms with Crippen LogP contribution in [0.4, 0.5) is 0 Å². The van der Waals surface area contributed by atoms with Crippen LogP contribution in [0.2, 0.25) is 0 Å². The summed E-state index contributed by atoms with van der Waals surface area (Å²) in [7, 11) is -0.918. The molecule has 0 aromatic carbocycles. The molecule has 0 atom stereocenters. The van der Waals surface area contributed by atoms with Crippen LogP contribution in [0.3, 0.4) is 0 Å². The zero-order valence-corrected chi connectivity index (χ0v) is 9.22. The number of aromatic nitrogens is 6. The van der Waals surface area contributed by atoms with Gasteiger partial charge >= 0.3 is 0 Å². The van der Waals surface area contributed by atoms with E-state index < -0.39 is 8.37 Å². The molecule has 0 aliphatic heterocycles. The minimum atomic E-state index is -0.918. The Kier molecular flexibility index (Phi) is 2.27. The van der Waals surface area contributed by atoms with Gasteiger partial charge in [-0.1, -0.05) is 0 Å². The van der Waals surface area contributed by atoms with E-state index in [9.17, 15) is 0 Å². The van der Waals surface area contributed by atoms with E-state index in [1.807, 2.05) is 50.1 Å². The van der Waals surface area contributed by atoms with Crippen molar-refractivity contribution in [2.24, 2.45) is 0 Å². The van der Waals surface area contributed by atoms with Crippen molar-refractivity contribution in [3.8, 4) is 0 Å². The Morgan fingerprint density at radius 2 is 1.00 bits per heavy atom. The van der Waals surface area contributed by atoms with Gasteiger partial charge in [0.15, 0.2) is 0 Å². The van der Waals surface area contributed by atoms with E-state index in [1.54, 1.807) is 18.6 Å². The van der Waals surface area contributed by atoms with E-state index in [0.29, 0.717) is 0 Å². The maximum Gasteiger partial charge on any atom is 0.271 e. The summed E-state index contributed by atoms with van der Waals surface area (Å²) in [4.78, 5) is 0. The van der Waals surface area contributed by atoms with E-state index in [-0.39, 0.29) is 0 Å². The minimum absolute atomic E-state index is 0.918. The molecule has 0 radical (unpaired) electrons. The summed E-state index contributed by atoms with van der Waals surface area (Å²) in [6.45, 7) is 0. The molecule has 3 aromatic rings. The molecule has 0 amide bonds. The lowest BCUT2D eigenvalue weighted by Crippen LogP contribution is -2.10. The Hall–Kier alpha value is -1.94. The first-order chi connectivity index (χ1) is 7.95. The normalized spacial score (nSPS) is 11.1. The van der Waals surface area contributed by atoms with Crippen molar-refractivity contribution in [3.05, 3.63) is 55.4 Å². The molecule has 0 spiro atoms. The van der Waals surface area contributed by atoms with Gasteiger partial charge < -0.3 is 0 Å². The maximum atomic E-state index is 4.25. The Labute approximate surface area is 93.0 Å². The molecule has 0 unspecified atom stereocenters. The Balaban J connectivity index is 2.09. The minimum Gasteiger partial charge on any atom is -0.210 e. The Morgan fingerprint density at radius 1 is 0.625 bits per heavy atom. The summed E-state index contributed by atoms with van der Waals surface area (Å²) < 4.78 is 5.57. The fourth-order valence-electron chi connectivity index (χ4n) is 1.38. The summed E-state index contributed by atoms with van der Waals surface area (Å²) in [5.41, 5.74) is 0. The average Bonchev–Trinajstić information content (AvgIpc) is 3.02. The van der Waals surface area contributed by atoms with E-state index >= 15 is 0 Å². The highest BCUT2D eigenvalue weighted by Gasteiger charge is 2.16. The lowest BCUT2D eigenvalue weighted by atomic mass is 10.8. The van der Waals surface area contributed by atoms with Gasteiger partial charge in [-0.2, -0.15) is 15.3 Å². The molecule has 0 saturated carbocycles. The van der Waals surface area contributed by atoms with Crippen molar-refractivity contribution in [2.75, 3.05) is 0 Å². The van der Waals surface area contributed by atoms with Crippen molar-refractivity contribution in [1.29, 1.82) is 0 Å². The van der Waals surface area contributed by atoms with Crippen molar-refractivity contribution in [2.45, 2.75) is 0 Å². The lowest BCUT2D eigenvalue weighted by molar-refractivity contribution is 0.837. The van der Waals surface area contributed by atoms with E-state index in [4.69, 9.17) is 0 Å². The van der Waals surface area contributed by atoms with Gasteiger partial charge in [-0.15, -0.1) is 0 Å². The van der Waals surface area contributed by atoms with Gasteiger partial charge in [-0.05, 0) is 18.2 Å². The predicted octanol–water partition coefficient (Wildman–Crippen LogP) is 1.45. The molecule has 0 fully saturated rings. The standard InChI is InChI=1S/C9H9N6P/c1-4-10-13(7-1)16(14-8-2-5-11-14)15-9-3-6-12-15/h1-9H. The van der Waals surface area contributed by atoms with Crippen molar-refractivity contribution in [1.82, 2.24) is 28.7 Å². The molecule has 0 aliphatic carbocycles. The monoisotopic (exact) mass is 232 g/mol. The molecular weight excluding hydrogens is 223 g/mol. The predicted molar refractivity (Wildman–Crippen MR) is 59.8 cm³/mol. The van der Waals surface area contributed by atoms with Gasteiger partial charge in [0.05, 0.1) is 0 Å². The third-order valence-corrected chi connectivity index (χ3v) is 3.83. The first-order valence-corrected chi connectivity index (χ1v) is 5.95. The molecule has 6 nitrogen and oxygen atoms in total. The Bertz CT molecular complexity index is 445. The van der Waals surface area contributed by atoms with Gasteiger partial charge in [0.25, 0.3) is 8.37 Å². The molecule has 0 N–H and O–H groups in total. The second kappa shape index (κ2) is 3.90. The number of nitrogens with zero attached hydrogens (tertiary/aromatic N) is 6. The lowest BCUT2D eigenvalue weighted by Gasteiger charge is -2.16. The van der Waals surface area contributed by atoms with Crippen LogP contribution in [0.1, 0.15) is 0 Å². The molecule has 3 aromatic heterocycles. The summed E-state index contributed by atoms with van der Waals surface area (Å²) in [6.07, 6.45) is 11.0. The van der Waals surface area contributed by atoms with Crippen LogP contribution in [0.5, 0.6) is 0 Å². The highest BCUT2D eigenvalue weighted by molar-refractivity contribution is 7.52. The molecule has 0 bridgehead atoms. The topological polar surface area (TPSA) is 53.5 Å². The fraction of sp³-hybridized carbons (Fsp3) is 0. The van der Waals surface area contributed by atoms with E-state index in [2.05, 4.69) is 15.3 Å². The number of hydrogen-bond donors (Lipinski definition) is 0. The van der Waals surface area contributed by atoms with E-state index in [0.717, 1.165) is 0 Å². The van der Waals surface area contributed by atoms with Crippen LogP contribution in [0.15, 0.2) is 55.4 Å². The molecule has 0 aliphatic rings. The third-order valence-electron chi connectivity index (χ3n) is 2.02. The second-order valence-electron chi connectivity index (χ2n) is 3.05. The molecule has 7 heteroatoms. The summed E-state index contributed by atoms with van der Waals surface area (Å²) in [5, 5.41) is 12.8. The van der Waals surface area contributed by atoms with Gasteiger partial charge in [-0.25, -0.2) is 13.4 Å². The fourth-order valence-corrected chi connectivity index (χ4v) is 2.99. The zero-order chi connectivity index (χ0) is 10.8. The average molecular weight is 232 g/mol. The van der Waals surface area contributed by atoms with Gasteiger partial charge in [-0.3, -0.25) is 0 Å². The van der Waals surface area contributed by atoms with Crippen LogP contribution in [0, 0.1) is 0 Å². The van der Waals surface area contributed by atoms with Crippen LogP contribution in [-0.2, 0) is 0 Å². The second-order valence-corrected chi connectivity index (χ2v) is 4.81. The molecule has 80 valence electrons. The van der Waals surface area contributed by atoms with Gasteiger partial charge in [0.1, 0.15) is 0 Å². The maximum absolute atomic E-state index is 4.25.